The number of carbonyl (C=O) groups excluding carboxylic acids is 1. The van der Waals surface area contributed by atoms with Crippen molar-refractivity contribution < 1.29 is 9.21 Å². The number of furan rings is 1. The molecule has 1 amide bonds. The van der Waals surface area contributed by atoms with Gasteiger partial charge in [-0.2, -0.15) is 0 Å². The van der Waals surface area contributed by atoms with Gasteiger partial charge in [0.1, 0.15) is 15.6 Å². The predicted molar refractivity (Wildman–Crippen MR) is 95.0 cm³/mol. The minimum absolute atomic E-state index is 0.00883. The van der Waals surface area contributed by atoms with Gasteiger partial charge in [-0.25, -0.2) is 4.98 Å². The Morgan fingerprint density at radius 2 is 2.04 bits per heavy atom. The second-order valence-corrected chi connectivity index (χ2v) is 6.63. The number of nitrogens with zero attached hydrogens (tertiary/aromatic N) is 2. The molecule has 0 fully saturated rings. The highest BCUT2D eigenvalue weighted by atomic mass is 32.1. The van der Waals surface area contributed by atoms with E-state index in [1.54, 1.807) is 12.5 Å². The molecule has 3 rings (SSSR count). The zero-order chi connectivity index (χ0) is 16.9. The van der Waals surface area contributed by atoms with E-state index in [0.717, 1.165) is 16.3 Å². The van der Waals surface area contributed by atoms with Crippen LogP contribution in [0.1, 0.15) is 21.5 Å². The van der Waals surface area contributed by atoms with Gasteiger partial charge in [0.2, 0.25) is 0 Å². The lowest BCUT2D eigenvalue weighted by atomic mass is 10.2. The van der Waals surface area contributed by atoms with Gasteiger partial charge in [0.25, 0.3) is 5.91 Å². The highest BCUT2D eigenvalue weighted by molar-refractivity contribution is 7.16. The van der Waals surface area contributed by atoms with E-state index < -0.39 is 0 Å². The monoisotopic (exact) mass is 341 g/mol. The number of nitrogens with one attached hydrogen (secondary N) is 1. The van der Waals surface area contributed by atoms with E-state index in [1.165, 1.54) is 11.3 Å². The molecule has 1 N–H and O–H groups in total. The van der Waals surface area contributed by atoms with Gasteiger partial charge in [-0.1, -0.05) is 30.3 Å². The number of rotatable bonds is 6. The van der Waals surface area contributed by atoms with Gasteiger partial charge >= 0.3 is 0 Å². The molecular formula is C18H19N3O2S. The van der Waals surface area contributed by atoms with Crippen molar-refractivity contribution >= 4 is 17.2 Å². The molecule has 5 nitrogen and oxygen atoms in total. The Hall–Kier alpha value is -2.44. The van der Waals surface area contributed by atoms with Gasteiger partial charge < -0.3 is 9.73 Å². The first kappa shape index (κ1) is 16.4. The molecule has 1 aromatic carbocycles. The second kappa shape index (κ2) is 7.42. The Kier molecular flexibility index (Phi) is 5.08. The summed E-state index contributed by atoms with van der Waals surface area (Å²) < 4.78 is 5.45. The first-order valence-corrected chi connectivity index (χ1v) is 8.46. The second-order valence-electron chi connectivity index (χ2n) is 5.60. The van der Waals surface area contributed by atoms with E-state index in [9.17, 15) is 4.79 Å². The van der Waals surface area contributed by atoms with Crippen LogP contribution in [0.25, 0.3) is 10.6 Å². The van der Waals surface area contributed by atoms with E-state index in [4.69, 9.17) is 4.42 Å². The van der Waals surface area contributed by atoms with Crippen LogP contribution in [0.15, 0.2) is 59.3 Å². The van der Waals surface area contributed by atoms with Gasteiger partial charge in [0, 0.05) is 12.1 Å². The van der Waals surface area contributed by atoms with Crippen molar-refractivity contribution in [2.75, 3.05) is 20.6 Å². The Morgan fingerprint density at radius 3 is 2.71 bits per heavy atom. The topological polar surface area (TPSA) is 58.4 Å². The lowest BCUT2D eigenvalue weighted by molar-refractivity contribution is 0.0943. The fourth-order valence-corrected chi connectivity index (χ4v) is 3.23. The summed E-state index contributed by atoms with van der Waals surface area (Å²) in [4.78, 5) is 19.4. The van der Waals surface area contributed by atoms with Crippen LogP contribution in [0.3, 0.4) is 0 Å². The molecule has 124 valence electrons. The third-order valence-corrected chi connectivity index (χ3v) is 4.75. The molecule has 1 atom stereocenters. The Morgan fingerprint density at radius 1 is 1.25 bits per heavy atom. The van der Waals surface area contributed by atoms with E-state index in [1.807, 2.05) is 61.5 Å². The third-order valence-electron chi connectivity index (χ3n) is 3.70. The molecule has 0 bridgehead atoms. The molecule has 0 aliphatic rings. The predicted octanol–water partition coefficient (Wildman–Crippen LogP) is 3.44. The van der Waals surface area contributed by atoms with E-state index >= 15 is 0 Å². The smallest absolute Gasteiger partial charge is 0.263 e. The molecule has 0 unspecified atom stereocenters. The molecule has 0 aliphatic heterocycles. The number of likely N-dealkylation sites (N-methyl/N-ethyl adjacent to an activating group) is 1. The van der Waals surface area contributed by atoms with Gasteiger partial charge in [0.05, 0.1) is 18.5 Å². The van der Waals surface area contributed by atoms with Crippen molar-refractivity contribution in [1.82, 2.24) is 15.2 Å². The summed E-state index contributed by atoms with van der Waals surface area (Å²) in [5.41, 5.74) is 1.02. The molecule has 0 spiro atoms. The SMILES string of the molecule is CN(C)[C@@H](CNC(=O)c1cnc(-c2ccccc2)s1)c1ccco1. The number of amides is 1. The van der Waals surface area contributed by atoms with Crippen LogP contribution in [0.2, 0.25) is 0 Å². The van der Waals surface area contributed by atoms with Crippen LogP contribution in [0.5, 0.6) is 0 Å². The van der Waals surface area contributed by atoms with Gasteiger partial charge in [-0.3, -0.25) is 9.69 Å². The molecular weight excluding hydrogens is 322 g/mol. The van der Waals surface area contributed by atoms with Crippen molar-refractivity contribution in [3.63, 3.8) is 0 Å². The highest BCUT2D eigenvalue weighted by Gasteiger charge is 2.19. The number of benzene rings is 1. The normalized spacial score (nSPS) is 12.3. The summed E-state index contributed by atoms with van der Waals surface area (Å²) in [6.45, 7) is 0.470. The van der Waals surface area contributed by atoms with Gasteiger partial charge in [-0.05, 0) is 26.2 Å². The first-order chi connectivity index (χ1) is 11.6. The maximum absolute atomic E-state index is 12.4. The molecule has 6 heteroatoms. The lowest BCUT2D eigenvalue weighted by Gasteiger charge is -2.22. The molecule has 0 radical (unpaired) electrons. The highest BCUT2D eigenvalue weighted by Crippen LogP contribution is 2.25. The summed E-state index contributed by atoms with van der Waals surface area (Å²) in [6.07, 6.45) is 3.27. The zero-order valence-corrected chi connectivity index (χ0v) is 14.4. The fourth-order valence-electron chi connectivity index (χ4n) is 2.39. The first-order valence-electron chi connectivity index (χ1n) is 7.64. The molecule has 2 aromatic heterocycles. The van der Waals surface area contributed by atoms with Crippen molar-refractivity contribution in [3.8, 4) is 10.6 Å². The van der Waals surface area contributed by atoms with Gasteiger partial charge in [-0.15, -0.1) is 11.3 Å². The lowest BCUT2D eigenvalue weighted by Crippen LogP contribution is -2.34. The average molecular weight is 341 g/mol. The molecule has 3 aromatic rings. The summed E-state index contributed by atoms with van der Waals surface area (Å²) in [7, 11) is 3.92. The number of hydrogen-bond acceptors (Lipinski definition) is 5. The summed E-state index contributed by atoms with van der Waals surface area (Å²) >= 11 is 1.39. The summed E-state index contributed by atoms with van der Waals surface area (Å²) in [5.74, 6) is 0.711. The van der Waals surface area contributed by atoms with Crippen LogP contribution in [-0.2, 0) is 0 Å². The van der Waals surface area contributed by atoms with E-state index in [2.05, 4.69) is 10.3 Å². The quantitative estimate of drug-likeness (QED) is 0.746. The number of carbonyl (C=O) groups is 1. The van der Waals surface area contributed by atoms with Crippen LogP contribution in [0, 0.1) is 0 Å². The van der Waals surface area contributed by atoms with Crippen LogP contribution in [-0.4, -0.2) is 36.4 Å². The largest absolute Gasteiger partial charge is 0.468 e. The Bertz CT molecular complexity index is 782. The minimum Gasteiger partial charge on any atom is -0.468 e. The molecule has 2 heterocycles. The van der Waals surface area contributed by atoms with E-state index in [0.29, 0.717) is 11.4 Å². The fraction of sp³-hybridized carbons (Fsp3) is 0.222. The van der Waals surface area contributed by atoms with Crippen LogP contribution >= 0.6 is 11.3 Å². The van der Waals surface area contributed by atoms with E-state index in [-0.39, 0.29) is 11.9 Å². The summed E-state index contributed by atoms with van der Waals surface area (Å²) in [6, 6.07) is 13.6. The zero-order valence-electron chi connectivity index (χ0n) is 13.6. The standard InChI is InChI=1S/C18H19N3O2S/c1-21(2)14(15-9-6-10-23-15)11-19-17(22)16-12-20-18(24-16)13-7-4-3-5-8-13/h3-10,12,14H,11H2,1-2H3,(H,19,22)/t14-/m0/s1. The van der Waals surface area contributed by atoms with Crippen LogP contribution in [0.4, 0.5) is 0 Å². The van der Waals surface area contributed by atoms with Crippen molar-refractivity contribution in [2.45, 2.75) is 6.04 Å². The van der Waals surface area contributed by atoms with Crippen molar-refractivity contribution in [2.24, 2.45) is 0 Å². The Labute approximate surface area is 144 Å². The Balaban J connectivity index is 1.66. The minimum atomic E-state index is -0.118. The average Bonchev–Trinajstić information content (AvgIpc) is 3.27. The number of thiazole rings is 1. The third kappa shape index (κ3) is 3.72. The molecule has 24 heavy (non-hydrogen) atoms. The van der Waals surface area contributed by atoms with Crippen molar-refractivity contribution in [3.05, 3.63) is 65.6 Å². The molecule has 0 saturated carbocycles. The van der Waals surface area contributed by atoms with Crippen LogP contribution < -0.4 is 5.32 Å². The summed E-state index contributed by atoms with van der Waals surface area (Å²) in [5, 5.41) is 3.81. The number of hydrogen-bond donors (Lipinski definition) is 1. The molecule has 0 aliphatic carbocycles. The van der Waals surface area contributed by atoms with Crippen molar-refractivity contribution in [1.29, 1.82) is 0 Å². The maximum Gasteiger partial charge on any atom is 0.263 e. The van der Waals surface area contributed by atoms with Gasteiger partial charge in [0.15, 0.2) is 0 Å². The number of aromatic nitrogens is 1. The molecule has 0 saturated heterocycles. The maximum atomic E-state index is 12.4.